The average Bonchev–Trinajstić information content (AvgIpc) is 2.73. The predicted octanol–water partition coefficient (Wildman–Crippen LogP) is 3.04. The van der Waals surface area contributed by atoms with Gasteiger partial charge in [0.25, 0.3) is 0 Å². The second-order valence-electron chi connectivity index (χ2n) is 7.26. The third-order valence-electron chi connectivity index (χ3n) is 5.36. The van der Waals surface area contributed by atoms with Crippen molar-refractivity contribution in [1.82, 2.24) is 15.2 Å². The van der Waals surface area contributed by atoms with Crippen LogP contribution in [0.4, 0.5) is 4.79 Å². The number of hydrogen-bond donors (Lipinski definition) is 2. The zero-order valence-corrected chi connectivity index (χ0v) is 15.8. The van der Waals surface area contributed by atoms with Gasteiger partial charge in [-0.1, -0.05) is 36.4 Å². The van der Waals surface area contributed by atoms with Gasteiger partial charge in [0.1, 0.15) is 0 Å². The van der Waals surface area contributed by atoms with Gasteiger partial charge in [0.15, 0.2) is 0 Å². The molecule has 1 atom stereocenters. The number of urea groups is 1. The molecule has 0 bridgehead atoms. The molecule has 0 spiro atoms. The number of amides is 2. The molecule has 0 unspecified atom stereocenters. The van der Waals surface area contributed by atoms with Crippen LogP contribution in [0.2, 0.25) is 0 Å². The number of hydrogen-bond acceptors (Lipinski definition) is 3. The van der Waals surface area contributed by atoms with Gasteiger partial charge >= 0.3 is 6.03 Å². The molecule has 0 radical (unpaired) electrons. The lowest BCUT2D eigenvalue weighted by atomic mass is 9.88. The molecule has 27 heavy (non-hydrogen) atoms. The van der Waals surface area contributed by atoms with Gasteiger partial charge in [-0.15, -0.1) is 0 Å². The topological polar surface area (TPSA) is 65.5 Å². The number of likely N-dealkylation sites (tertiary alicyclic amines) is 1. The van der Waals surface area contributed by atoms with Gasteiger partial charge in [-0.05, 0) is 55.2 Å². The molecule has 2 heterocycles. The van der Waals surface area contributed by atoms with Crippen LogP contribution in [0.3, 0.4) is 0 Å². The second kappa shape index (κ2) is 10.1. The van der Waals surface area contributed by atoms with E-state index in [-0.39, 0.29) is 18.1 Å². The maximum absolute atomic E-state index is 12.3. The number of piperidine rings is 1. The van der Waals surface area contributed by atoms with E-state index in [1.165, 1.54) is 5.56 Å². The molecule has 1 aliphatic rings. The first kappa shape index (κ1) is 19.4. The highest BCUT2D eigenvalue weighted by Gasteiger charge is 2.27. The monoisotopic (exact) mass is 367 g/mol. The predicted molar refractivity (Wildman–Crippen MR) is 106 cm³/mol. The Hall–Kier alpha value is -2.40. The van der Waals surface area contributed by atoms with Crippen LogP contribution in [0, 0.1) is 5.92 Å². The summed E-state index contributed by atoms with van der Waals surface area (Å²) in [5, 5.41) is 13.5. The molecule has 5 nitrogen and oxygen atoms in total. The average molecular weight is 367 g/mol. The Kier molecular flexibility index (Phi) is 7.22. The molecule has 1 aromatic heterocycles. The minimum Gasteiger partial charge on any atom is -0.393 e. The molecular weight excluding hydrogens is 338 g/mol. The summed E-state index contributed by atoms with van der Waals surface area (Å²) in [7, 11) is 0. The Labute approximate surface area is 161 Å². The van der Waals surface area contributed by atoms with Crippen molar-refractivity contribution in [2.24, 2.45) is 5.92 Å². The normalized spacial score (nSPS) is 16.1. The number of nitrogens with one attached hydrogen (secondary N) is 1. The third kappa shape index (κ3) is 6.07. The minimum absolute atomic E-state index is 0.00360. The number of pyridine rings is 1. The smallest absolute Gasteiger partial charge is 0.317 e. The van der Waals surface area contributed by atoms with Gasteiger partial charge in [0.2, 0.25) is 0 Å². The molecule has 0 aliphatic carbocycles. The fraction of sp³-hybridized carbons (Fsp3) is 0.455. The van der Waals surface area contributed by atoms with E-state index in [0.29, 0.717) is 19.6 Å². The maximum Gasteiger partial charge on any atom is 0.317 e. The number of aryl methyl sites for hydroxylation is 1. The van der Waals surface area contributed by atoms with Crippen LogP contribution >= 0.6 is 0 Å². The number of nitrogens with zero attached hydrogens (tertiary/aromatic N) is 2. The number of aromatic nitrogens is 1. The molecule has 1 fully saturated rings. The Morgan fingerprint density at radius 2 is 1.85 bits per heavy atom. The zero-order valence-electron chi connectivity index (χ0n) is 15.8. The first-order valence-electron chi connectivity index (χ1n) is 9.86. The van der Waals surface area contributed by atoms with Gasteiger partial charge in [-0.3, -0.25) is 4.98 Å². The molecule has 5 heteroatoms. The summed E-state index contributed by atoms with van der Waals surface area (Å²) in [5.74, 6) is 0.285. The highest BCUT2D eigenvalue weighted by molar-refractivity contribution is 5.74. The molecule has 1 saturated heterocycles. The lowest BCUT2D eigenvalue weighted by Gasteiger charge is -2.34. The van der Waals surface area contributed by atoms with Crippen LogP contribution in [-0.2, 0) is 12.8 Å². The van der Waals surface area contributed by atoms with Crippen molar-refractivity contribution in [3.63, 3.8) is 0 Å². The van der Waals surface area contributed by atoms with Crippen LogP contribution in [-0.4, -0.2) is 46.8 Å². The standard InChI is InChI=1S/C22H29N3O2/c26-21(9-8-18-5-2-1-3-6-18)20-11-15-25(16-12-20)22(27)24-14-10-19-7-4-13-23-17-19/h1-7,13,17,20-21,26H,8-12,14-16H2,(H,24,27)/t21-/m1/s1. The van der Waals surface area contributed by atoms with E-state index in [9.17, 15) is 9.90 Å². The SMILES string of the molecule is O=C(NCCc1cccnc1)N1CCC([C@H](O)CCc2ccccc2)CC1. The lowest BCUT2D eigenvalue weighted by molar-refractivity contribution is 0.0611. The quantitative estimate of drug-likeness (QED) is 0.790. The summed E-state index contributed by atoms with van der Waals surface area (Å²) in [5.41, 5.74) is 2.39. The maximum atomic E-state index is 12.3. The van der Waals surface area contributed by atoms with Crippen LogP contribution in [0.25, 0.3) is 0 Å². The number of aliphatic hydroxyl groups excluding tert-OH is 1. The Bertz CT molecular complexity index is 685. The highest BCUT2D eigenvalue weighted by atomic mass is 16.3. The third-order valence-corrected chi connectivity index (χ3v) is 5.36. The van der Waals surface area contributed by atoms with Crippen molar-refractivity contribution >= 4 is 6.03 Å². The fourth-order valence-corrected chi connectivity index (χ4v) is 3.65. The minimum atomic E-state index is -0.291. The molecule has 2 N–H and O–H groups in total. The molecule has 2 amide bonds. The van der Waals surface area contributed by atoms with E-state index in [2.05, 4.69) is 22.4 Å². The summed E-state index contributed by atoms with van der Waals surface area (Å²) < 4.78 is 0. The van der Waals surface area contributed by atoms with E-state index in [1.54, 1.807) is 6.20 Å². The van der Waals surface area contributed by atoms with Crippen LogP contribution in [0.15, 0.2) is 54.9 Å². The van der Waals surface area contributed by atoms with E-state index >= 15 is 0 Å². The van der Waals surface area contributed by atoms with Gasteiger partial charge in [-0.25, -0.2) is 4.79 Å². The summed E-state index contributed by atoms with van der Waals surface area (Å²) >= 11 is 0. The van der Waals surface area contributed by atoms with Crippen molar-refractivity contribution < 1.29 is 9.90 Å². The molecule has 1 aliphatic heterocycles. The molecule has 0 saturated carbocycles. The Morgan fingerprint density at radius 3 is 2.56 bits per heavy atom. The molecule has 3 rings (SSSR count). The fourth-order valence-electron chi connectivity index (χ4n) is 3.65. The van der Waals surface area contributed by atoms with Gasteiger partial charge in [0, 0.05) is 32.0 Å². The summed E-state index contributed by atoms with van der Waals surface area (Å²) in [6.45, 7) is 2.04. The summed E-state index contributed by atoms with van der Waals surface area (Å²) in [6.07, 6.45) is 7.49. The first-order chi connectivity index (χ1) is 13.2. The van der Waals surface area contributed by atoms with Gasteiger partial charge < -0.3 is 15.3 Å². The summed E-state index contributed by atoms with van der Waals surface area (Å²) in [4.78, 5) is 18.3. The van der Waals surface area contributed by atoms with Crippen LogP contribution in [0.1, 0.15) is 30.4 Å². The van der Waals surface area contributed by atoms with Crippen LogP contribution in [0.5, 0.6) is 0 Å². The van der Waals surface area contributed by atoms with E-state index in [4.69, 9.17) is 0 Å². The van der Waals surface area contributed by atoms with Crippen molar-refractivity contribution in [1.29, 1.82) is 0 Å². The molecule has 2 aromatic rings. The van der Waals surface area contributed by atoms with Gasteiger partial charge in [0.05, 0.1) is 6.10 Å². The lowest BCUT2D eigenvalue weighted by Crippen LogP contribution is -2.46. The molecular formula is C22H29N3O2. The number of carbonyl (C=O) groups excluding carboxylic acids is 1. The van der Waals surface area contributed by atoms with Crippen molar-refractivity contribution in [2.75, 3.05) is 19.6 Å². The van der Waals surface area contributed by atoms with E-state index in [0.717, 1.165) is 37.7 Å². The van der Waals surface area contributed by atoms with E-state index in [1.807, 2.05) is 41.4 Å². The Morgan fingerprint density at radius 1 is 1.11 bits per heavy atom. The largest absolute Gasteiger partial charge is 0.393 e. The van der Waals surface area contributed by atoms with Gasteiger partial charge in [-0.2, -0.15) is 0 Å². The highest BCUT2D eigenvalue weighted by Crippen LogP contribution is 2.23. The van der Waals surface area contributed by atoms with E-state index < -0.39 is 0 Å². The number of aliphatic hydroxyl groups is 1. The zero-order chi connectivity index (χ0) is 18.9. The van der Waals surface area contributed by atoms with Crippen molar-refractivity contribution in [2.45, 2.75) is 38.2 Å². The van der Waals surface area contributed by atoms with Crippen LogP contribution < -0.4 is 5.32 Å². The first-order valence-corrected chi connectivity index (χ1v) is 9.86. The number of rotatable bonds is 7. The second-order valence-corrected chi connectivity index (χ2v) is 7.26. The Balaban J connectivity index is 1.34. The molecule has 1 aromatic carbocycles. The summed E-state index contributed by atoms with van der Waals surface area (Å²) in [6, 6.07) is 14.2. The van der Waals surface area contributed by atoms with Crippen molar-refractivity contribution in [3.05, 3.63) is 66.0 Å². The number of benzene rings is 1. The molecule has 144 valence electrons. The van der Waals surface area contributed by atoms with Crippen molar-refractivity contribution in [3.8, 4) is 0 Å². The number of carbonyl (C=O) groups is 1.